The Morgan fingerprint density at radius 3 is 2.43 bits per heavy atom. The molecule has 0 aliphatic carbocycles. The van der Waals surface area contributed by atoms with E-state index in [1.54, 1.807) is 55.6 Å². The second-order valence-electron chi connectivity index (χ2n) is 6.20. The number of hydrogen-bond donors (Lipinski definition) is 1. The first-order valence-corrected chi connectivity index (χ1v) is 8.97. The van der Waals surface area contributed by atoms with E-state index in [4.69, 9.17) is 13.9 Å². The first-order chi connectivity index (χ1) is 14.5. The summed E-state index contributed by atoms with van der Waals surface area (Å²) in [7, 11) is 2.46. The number of esters is 2. The van der Waals surface area contributed by atoms with Crippen LogP contribution in [0.2, 0.25) is 0 Å². The third kappa shape index (κ3) is 4.02. The first-order valence-electron chi connectivity index (χ1n) is 8.97. The van der Waals surface area contributed by atoms with Gasteiger partial charge in [0.25, 0.3) is 5.91 Å². The Bertz CT molecular complexity index is 1060. The molecule has 0 atom stereocenters. The van der Waals surface area contributed by atoms with Crippen LogP contribution in [0.4, 0.5) is 11.4 Å². The van der Waals surface area contributed by atoms with Gasteiger partial charge in [-0.05, 0) is 48.9 Å². The highest BCUT2D eigenvalue weighted by Crippen LogP contribution is 2.32. The van der Waals surface area contributed by atoms with Crippen molar-refractivity contribution in [2.24, 2.45) is 0 Å². The number of nitrogens with zero attached hydrogens (tertiary/aromatic N) is 1. The monoisotopic (exact) mass is 408 g/mol. The molecule has 0 bridgehead atoms. The van der Waals surface area contributed by atoms with Gasteiger partial charge in [-0.1, -0.05) is 12.1 Å². The molecule has 0 saturated heterocycles. The van der Waals surface area contributed by atoms with E-state index in [2.05, 4.69) is 5.32 Å². The zero-order chi connectivity index (χ0) is 21.7. The molecule has 0 spiro atoms. The third-order valence-electron chi connectivity index (χ3n) is 4.45. The molecular weight excluding hydrogens is 388 g/mol. The molecule has 8 heteroatoms. The smallest absolute Gasteiger partial charge is 0.355 e. The number of ether oxygens (including phenoxy) is 2. The summed E-state index contributed by atoms with van der Waals surface area (Å²) >= 11 is 0. The van der Waals surface area contributed by atoms with Crippen LogP contribution in [0.1, 0.15) is 16.1 Å². The van der Waals surface area contributed by atoms with Crippen molar-refractivity contribution in [3.05, 3.63) is 83.6 Å². The largest absolute Gasteiger partial charge is 0.465 e. The lowest BCUT2D eigenvalue weighted by atomic mass is 10.1. The average molecular weight is 408 g/mol. The Hall–Kier alpha value is -4.07. The Balaban J connectivity index is 2.07. The molecule has 2 heterocycles. The number of allylic oxidation sites excluding steroid dienone is 2. The number of nitrogens with one attached hydrogen (secondary N) is 1. The lowest BCUT2D eigenvalue weighted by Crippen LogP contribution is -2.27. The van der Waals surface area contributed by atoms with E-state index in [1.807, 2.05) is 0 Å². The van der Waals surface area contributed by atoms with E-state index in [0.29, 0.717) is 16.9 Å². The molecule has 2 aromatic rings. The van der Waals surface area contributed by atoms with Crippen molar-refractivity contribution < 1.29 is 28.3 Å². The van der Waals surface area contributed by atoms with E-state index in [-0.39, 0.29) is 17.0 Å². The van der Waals surface area contributed by atoms with Gasteiger partial charge in [-0.3, -0.25) is 4.79 Å². The second-order valence-corrected chi connectivity index (χ2v) is 6.20. The van der Waals surface area contributed by atoms with Crippen molar-refractivity contribution in [2.45, 2.75) is 6.92 Å². The van der Waals surface area contributed by atoms with Crippen LogP contribution in [0.5, 0.6) is 0 Å². The van der Waals surface area contributed by atoms with Crippen molar-refractivity contribution in [2.75, 3.05) is 24.4 Å². The molecule has 1 amide bonds. The van der Waals surface area contributed by atoms with Crippen LogP contribution < -0.4 is 10.2 Å². The van der Waals surface area contributed by atoms with E-state index in [9.17, 15) is 14.4 Å². The highest BCUT2D eigenvalue weighted by atomic mass is 16.5. The number of benzene rings is 1. The number of amides is 1. The van der Waals surface area contributed by atoms with Crippen molar-refractivity contribution in [1.29, 1.82) is 0 Å². The molecule has 1 aliphatic heterocycles. The van der Waals surface area contributed by atoms with Crippen molar-refractivity contribution >= 4 is 29.2 Å². The third-order valence-corrected chi connectivity index (χ3v) is 4.45. The lowest BCUT2D eigenvalue weighted by Gasteiger charge is -2.25. The predicted octanol–water partition coefficient (Wildman–Crippen LogP) is 3.33. The lowest BCUT2D eigenvalue weighted by molar-refractivity contribution is -0.139. The van der Waals surface area contributed by atoms with Crippen LogP contribution in [0.15, 0.2) is 76.7 Å². The summed E-state index contributed by atoms with van der Waals surface area (Å²) in [4.78, 5) is 38.8. The fourth-order valence-corrected chi connectivity index (χ4v) is 2.96. The van der Waals surface area contributed by atoms with Gasteiger partial charge in [-0.25, -0.2) is 9.59 Å². The number of hydrogen-bond acceptors (Lipinski definition) is 7. The van der Waals surface area contributed by atoms with Gasteiger partial charge in [0.1, 0.15) is 5.70 Å². The molecule has 30 heavy (non-hydrogen) atoms. The summed E-state index contributed by atoms with van der Waals surface area (Å²) in [6.07, 6.45) is 7.81. The number of furan rings is 1. The van der Waals surface area contributed by atoms with Crippen LogP contribution in [-0.4, -0.2) is 32.1 Å². The number of carbonyl (C=O) groups excluding carboxylic acids is 3. The summed E-state index contributed by atoms with van der Waals surface area (Å²) in [6.45, 7) is 1.78. The van der Waals surface area contributed by atoms with Gasteiger partial charge in [0.05, 0.1) is 31.7 Å². The molecule has 0 fully saturated rings. The van der Waals surface area contributed by atoms with Gasteiger partial charge in [-0.2, -0.15) is 0 Å². The highest BCUT2D eigenvalue weighted by molar-refractivity contribution is 6.06. The number of rotatable bonds is 5. The standard InChI is InChI=1S/C22H20N2O6/c1-14-16(23-20(25)18-11-7-13-30-18)9-6-10-17(14)24-12-5-4-8-15(21(26)28-2)19(24)22(27)29-3/h4-13H,1-3H3,(H,23,25). The van der Waals surface area contributed by atoms with Crippen molar-refractivity contribution in [3.63, 3.8) is 0 Å². The quantitative estimate of drug-likeness (QED) is 0.758. The van der Waals surface area contributed by atoms with Gasteiger partial charge in [0.15, 0.2) is 5.76 Å². The fourth-order valence-electron chi connectivity index (χ4n) is 2.96. The van der Waals surface area contributed by atoms with E-state index in [1.165, 1.54) is 31.5 Å². The van der Waals surface area contributed by atoms with Crippen LogP contribution in [0.25, 0.3) is 0 Å². The zero-order valence-electron chi connectivity index (χ0n) is 16.7. The van der Waals surface area contributed by atoms with Gasteiger partial charge < -0.3 is 24.1 Å². The highest BCUT2D eigenvalue weighted by Gasteiger charge is 2.28. The summed E-state index contributed by atoms with van der Waals surface area (Å²) in [5, 5.41) is 2.79. The molecular formula is C22H20N2O6. The van der Waals surface area contributed by atoms with Gasteiger partial charge in [0.2, 0.25) is 0 Å². The van der Waals surface area contributed by atoms with Crippen molar-refractivity contribution in [3.8, 4) is 0 Å². The number of carbonyl (C=O) groups is 3. The fraction of sp³-hybridized carbons (Fsp3) is 0.136. The Labute approximate surface area is 173 Å². The first kappa shape index (κ1) is 20.7. The van der Waals surface area contributed by atoms with Crippen LogP contribution in [0.3, 0.4) is 0 Å². The molecule has 3 rings (SSSR count). The predicted molar refractivity (Wildman–Crippen MR) is 110 cm³/mol. The minimum absolute atomic E-state index is 0.00744. The number of methoxy groups -OCH3 is 2. The SMILES string of the molecule is COC(=O)C1=C(C(=O)OC)N(c2cccc(NC(=O)c3ccco3)c2C)C=CC=C1. The van der Waals surface area contributed by atoms with Gasteiger partial charge in [-0.15, -0.1) is 0 Å². The molecule has 0 unspecified atom stereocenters. The minimum atomic E-state index is -0.712. The maximum Gasteiger partial charge on any atom is 0.355 e. The van der Waals surface area contributed by atoms with E-state index in [0.717, 1.165) is 0 Å². The van der Waals surface area contributed by atoms with E-state index < -0.39 is 17.8 Å². The van der Waals surface area contributed by atoms with Gasteiger partial charge in [0, 0.05) is 11.9 Å². The van der Waals surface area contributed by atoms with Gasteiger partial charge >= 0.3 is 11.9 Å². The molecule has 0 radical (unpaired) electrons. The molecule has 1 aromatic heterocycles. The Morgan fingerprint density at radius 1 is 1.00 bits per heavy atom. The Kier molecular flexibility index (Phi) is 6.17. The summed E-state index contributed by atoms with van der Waals surface area (Å²) in [6, 6.07) is 8.37. The summed E-state index contributed by atoms with van der Waals surface area (Å²) < 4.78 is 14.9. The van der Waals surface area contributed by atoms with Crippen molar-refractivity contribution in [1.82, 2.24) is 0 Å². The average Bonchev–Trinajstić information content (AvgIpc) is 3.21. The number of anilines is 2. The minimum Gasteiger partial charge on any atom is -0.465 e. The second kappa shape index (κ2) is 8.95. The van der Waals surface area contributed by atoms with Crippen LogP contribution in [0, 0.1) is 6.92 Å². The molecule has 1 aliphatic rings. The topological polar surface area (TPSA) is 98.1 Å². The maximum absolute atomic E-state index is 12.6. The normalized spacial score (nSPS) is 13.1. The van der Waals surface area contributed by atoms with Crippen LogP contribution in [-0.2, 0) is 19.1 Å². The van der Waals surface area contributed by atoms with Crippen LogP contribution >= 0.6 is 0 Å². The Morgan fingerprint density at radius 2 is 1.77 bits per heavy atom. The molecule has 8 nitrogen and oxygen atoms in total. The zero-order valence-corrected chi connectivity index (χ0v) is 16.7. The molecule has 1 aromatic carbocycles. The molecule has 0 saturated carbocycles. The maximum atomic E-state index is 12.6. The summed E-state index contributed by atoms with van der Waals surface area (Å²) in [5.74, 6) is -1.63. The summed E-state index contributed by atoms with van der Waals surface area (Å²) in [5.41, 5.74) is 1.78. The molecule has 1 N–H and O–H groups in total. The van der Waals surface area contributed by atoms with E-state index >= 15 is 0 Å². The molecule has 154 valence electrons.